The molecule has 0 saturated carbocycles. The number of piperazine rings is 1. The first kappa shape index (κ1) is 29.3. The van der Waals surface area contributed by atoms with Gasteiger partial charge in [0, 0.05) is 66.6 Å². The molecule has 226 valence electrons. The Kier molecular flexibility index (Phi) is 7.76. The summed E-state index contributed by atoms with van der Waals surface area (Å²) in [7, 11) is 3.93. The SMILES string of the molecule is C=CC(=O)N1C[C@H](C)N(c2nc(OC[C@H]3CCN(C)C3)nc3c(F)c(-c4c(C)ccc5cnn(C)c45)c(Cl)cc23)C[C@H]1C. The van der Waals surface area contributed by atoms with Gasteiger partial charge in [0.15, 0.2) is 5.82 Å². The lowest BCUT2D eigenvalue weighted by Crippen LogP contribution is -2.58. The molecule has 6 rings (SSSR count). The van der Waals surface area contributed by atoms with Crippen LogP contribution in [-0.2, 0) is 11.8 Å². The van der Waals surface area contributed by atoms with Gasteiger partial charge in [0.1, 0.15) is 11.3 Å². The average Bonchev–Trinajstić information content (AvgIpc) is 3.58. The molecule has 0 aliphatic carbocycles. The molecule has 2 aliphatic heterocycles. The Hall–Kier alpha value is -3.76. The fraction of sp³-hybridized carbons (Fsp3) is 0.438. The Morgan fingerprint density at radius 3 is 2.67 bits per heavy atom. The molecule has 2 aromatic carbocycles. The largest absolute Gasteiger partial charge is 0.463 e. The molecule has 0 N–H and O–H groups in total. The van der Waals surface area contributed by atoms with Crippen molar-refractivity contribution in [2.45, 2.75) is 39.3 Å². The first-order valence-corrected chi connectivity index (χ1v) is 15.1. The lowest BCUT2D eigenvalue weighted by molar-refractivity contribution is -0.128. The van der Waals surface area contributed by atoms with Crippen molar-refractivity contribution >= 4 is 45.1 Å². The molecular formula is C32H37ClFN7O2. The van der Waals surface area contributed by atoms with E-state index >= 15 is 4.39 Å². The molecule has 2 fully saturated rings. The van der Waals surface area contributed by atoms with Crippen LogP contribution >= 0.6 is 11.6 Å². The summed E-state index contributed by atoms with van der Waals surface area (Å²) in [6, 6.07) is 5.58. The van der Waals surface area contributed by atoms with E-state index in [-0.39, 0.29) is 40.1 Å². The maximum Gasteiger partial charge on any atom is 0.319 e. The fourth-order valence-corrected chi connectivity index (χ4v) is 6.84. The number of anilines is 1. The zero-order valence-corrected chi connectivity index (χ0v) is 26.0. The van der Waals surface area contributed by atoms with Crippen LogP contribution in [0.25, 0.3) is 32.9 Å². The predicted molar refractivity (Wildman–Crippen MR) is 168 cm³/mol. The van der Waals surface area contributed by atoms with Gasteiger partial charge in [-0.1, -0.05) is 30.3 Å². The van der Waals surface area contributed by atoms with E-state index in [4.69, 9.17) is 21.3 Å². The number of hydrogen-bond acceptors (Lipinski definition) is 7. The molecule has 2 aliphatic rings. The minimum absolute atomic E-state index is 0.110. The Morgan fingerprint density at radius 2 is 1.95 bits per heavy atom. The lowest BCUT2D eigenvalue weighted by atomic mass is 9.96. The second-order valence-electron chi connectivity index (χ2n) is 12.0. The molecule has 9 nitrogen and oxygen atoms in total. The van der Waals surface area contributed by atoms with Crippen LogP contribution in [-0.4, -0.2) is 87.4 Å². The topological polar surface area (TPSA) is 79.6 Å². The highest BCUT2D eigenvalue weighted by molar-refractivity contribution is 6.35. The molecule has 0 spiro atoms. The van der Waals surface area contributed by atoms with E-state index in [1.807, 2.05) is 40.0 Å². The van der Waals surface area contributed by atoms with Gasteiger partial charge < -0.3 is 19.4 Å². The highest BCUT2D eigenvalue weighted by atomic mass is 35.5. The molecule has 43 heavy (non-hydrogen) atoms. The summed E-state index contributed by atoms with van der Waals surface area (Å²) in [5.74, 6) is 0.234. The number of nitrogens with zero attached hydrogens (tertiary/aromatic N) is 7. The summed E-state index contributed by atoms with van der Waals surface area (Å²) in [5.41, 5.74) is 2.76. The first-order chi connectivity index (χ1) is 20.6. The van der Waals surface area contributed by atoms with Gasteiger partial charge in [-0.2, -0.15) is 15.1 Å². The maximum absolute atomic E-state index is 16.9. The van der Waals surface area contributed by atoms with Crippen molar-refractivity contribution in [2.75, 3.05) is 44.7 Å². The number of halogens is 2. The van der Waals surface area contributed by atoms with Gasteiger partial charge in [0.05, 0.1) is 23.3 Å². The number of carbonyl (C=O) groups excluding carboxylic acids is 1. The highest BCUT2D eigenvalue weighted by Crippen LogP contribution is 2.43. The van der Waals surface area contributed by atoms with Crippen LogP contribution in [0, 0.1) is 18.7 Å². The van der Waals surface area contributed by atoms with E-state index in [2.05, 4.69) is 33.5 Å². The summed E-state index contributed by atoms with van der Waals surface area (Å²) in [6.07, 6.45) is 4.12. The van der Waals surface area contributed by atoms with Crippen LogP contribution in [0.2, 0.25) is 5.02 Å². The molecule has 1 amide bonds. The lowest BCUT2D eigenvalue weighted by Gasteiger charge is -2.44. The number of carbonyl (C=O) groups is 1. The number of likely N-dealkylation sites (tertiary alicyclic amines) is 1. The smallest absolute Gasteiger partial charge is 0.319 e. The van der Waals surface area contributed by atoms with Gasteiger partial charge in [-0.3, -0.25) is 9.48 Å². The zero-order chi connectivity index (χ0) is 30.6. The molecule has 0 unspecified atom stereocenters. The molecule has 4 heterocycles. The van der Waals surface area contributed by atoms with Gasteiger partial charge >= 0.3 is 6.01 Å². The van der Waals surface area contributed by atoms with Gasteiger partial charge in [-0.25, -0.2) is 4.39 Å². The normalized spacial score (nSPS) is 21.2. The Labute approximate surface area is 255 Å². The van der Waals surface area contributed by atoms with Crippen molar-refractivity contribution in [3.8, 4) is 17.1 Å². The summed E-state index contributed by atoms with van der Waals surface area (Å²) in [5, 5.41) is 6.05. The second kappa shape index (κ2) is 11.4. The summed E-state index contributed by atoms with van der Waals surface area (Å²) < 4.78 is 24.8. The van der Waals surface area contributed by atoms with Crippen molar-refractivity contribution in [1.29, 1.82) is 0 Å². The van der Waals surface area contributed by atoms with Gasteiger partial charge in [-0.15, -0.1) is 0 Å². The van der Waals surface area contributed by atoms with Crippen LogP contribution in [0.5, 0.6) is 6.01 Å². The van der Waals surface area contributed by atoms with Gasteiger partial charge in [0.25, 0.3) is 0 Å². The van der Waals surface area contributed by atoms with Crippen LogP contribution in [0.3, 0.4) is 0 Å². The van der Waals surface area contributed by atoms with Gasteiger partial charge in [-0.05, 0) is 58.5 Å². The van der Waals surface area contributed by atoms with Crippen molar-refractivity contribution in [3.63, 3.8) is 0 Å². The van der Waals surface area contributed by atoms with E-state index in [0.29, 0.717) is 42.4 Å². The van der Waals surface area contributed by atoms with E-state index in [1.165, 1.54) is 6.08 Å². The highest BCUT2D eigenvalue weighted by Gasteiger charge is 2.34. The number of benzene rings is 2. The first-order valence-electron chi connectivity index (χ1n) is 14.7. The zero-order valence-electron chi connectivity index (χ0n) is 25.3. The standard InChI is InChI=1S/C32H37ClFN7O2/c1-7-25(42)40-14-20(4)41(15-19(40)3)31-23-12-24(33)27(26-18(2)8-9-22-13-35-39(6)30(22)26)28(34)29(23)36-32(37-31)43-17-21-10-11-38(5)16-21/h7-9,12-13,19-21H,1,10-11,14-17H2,2-6H3/t19-,20+,21+/m1/s1. The molecule has 2 aromatic heterocycles. The van der Waals surface area contributed by atoms with Crippen LogP contribution < -0.4 is 9.64 Å². The van der Waals surface area contributed by atoms with Crippen LogP contribution in [0.1, 0.15) is 25.8 Å². The van der Waals surface area contributed by atoms with E-state index in [0.717, 1.165) is 36.0 Å². The number of aryl methyl sites for hydroxylation is 2. The van der Waals surface area contributed by atoms with Gasteiger partial charge in [0.2, 0.25) is 5.91 Å². The molecule has 4 aromatic rings. The number of ether oxygens (including phenoxy) is 1. The average molecular weight is 606 g/mol. The van der Waals surface area contributed by atoms with Crippen molar-refractivity contribution in [3.05, 3.63) is 53.5 Å². The minimum atomic E-state index is -0.533. The number of aromatic nitrogens is 4. The maximum atomic E-state index is 16.9. The molecule has 0 bridgehead atoms. The third-order valence-corrected chi connectivity index (χ3v) is 9.15. The number of rotatable bonds is 6. The quantitative estimate of drug-likeness (QED) is 0.279. The summed E-state index contributed by atoms with van der Waals surface area (Å²) >= 11 is 6.95. The molecule has 2 saturated heterocycles. The Balaban J connectivity index is 1.51. The van der Waals surface area contributed by atoms with Crippen molar-refractivity contribution in [2.24, 2.45) is 13.0 Å². The predicted octanol–water partition coefficient (Wildman–Crippen LogP) is 5.23. The third kappa shape index (κ3) is 5.20. The van der Waals surface area contributed by atoms with E-state index in [1.54, 1.807) is 21.8 Å². The van der Waals surface area contributed by atoms with E-state index in [9.17, 15) is 4.79 Å². The van der Waals surface area contributed by atoms with Crippen LogP contribution in [0.4, 0.5) is 10.2 Å². The monoisotopic (exact) mass is 605 g/mol. The van der Waals surface area contributed by atoms with Crippen LogP contribution in [0.15, 0.2) is 37.1 Å². The van der Waals surface area contributed by atoms with Crippen molar-refractivity contribution in [1.82, 2.24) is 29.5 Å². The van der Waals surface area contributed by atoms with Crippen molar-refractivity contribution < 1.29 is 13.9 Å². The summed E-state index contributed by atoms with van der Waals surface area (Å²) in [6.45, 7) is 12.9. The van der Waals surface area contributed by atoms with E-state index < -0.39 is 5.82 Å². The Bertz CT molecular complexity index is 1740. The molecule has 0 radical (unpaired) electrons. The molecule has 11 heteroatoms. The fourth-order valence-electron chi connectivity index (χ4n) is 6.56. The molecule has 3 atom stereocenters. The third-order valence-electron chi connectivity index (χ3n) is 8.86. The minimum Gasteiger partial charge on any atom is -0.463 e. The molecular weight excluding hydrogens is 569 g/mol. The summed E-state index contributed by atoms with van der Waals surface area (Å²) in [4.78, 5) is 28.2. The Morgan fingerprint density at radius 1 is 1.16 bits per heavy atom. The number of amides is 1. The second-order valence-corrected chi connectivity index (χ2v) is 12.4. The number of fused-ring (bicyclic) bond motifs is 2. The number of hydrogen-bond donors (Lipinski definition) is 0.